The molecule has 2 N–H and O–H groups in total. The van der Waals surface area contributed by atoms with Crippen LogP contribution in [0.25, 0.3) is 0 Å². The van der Waals surface area contributed by atoms with Crippen LogP contribution >= 0.6 is 0 Å². The second kappa shape index (κ2) is 4.49. The van der Waals surface area contributed by atoms with Crippen LogP contribution in [-0.2, 0) is 7.05 Å². The minimum atomic E-state index is 0.0537. The quantitative estimate of drug-likeness (QED) is 0.774. The Balaban J connectivity index is 2.13. The fourth-order valence-electron chi connectivity index (χ4n) is 2.16. The first-order valence-electron chi connectivity index (χ1n) is 6.04. The third-order valence-electron chi connectivity index (χ3n) is 3.77. The molecule has 0 bridgehead atoms. The van der Waals surface area contributed by atoms with Crippen LogP contribution in [0.3, 0.4) is 0 Å². The number of hydrogen-bond donors (Lipinski definition) is 1. The van der Waals surface area contributed by atoms with Gasteiger partial charge in [0.25, 0.3) is 5.91 Å². The smallest absolute Gasteiger partial charge is 0.257 e. The summed E-state index contributed by atoms with van der Waals surface area (Å²) in [6.07, 6.45) is 2.62. The second-order valence-corrected chi connectivity index (χ2v) is 4.95. The molecule has 5 heteroatoms. The van der Waals surface area contributed by atoms with Gasteiger partial charge in [-0.2, -0.15) is 5.10 Å². The summed E-state index contributed by atoms with van der Waals surface area (Å²) >= 11 is 0. The number of nitrogens with two attached hydrogens (primary N) is 1. The van der Waals surface area contributed by atoms with Crippen LogP contribution in [0.2, 0.25) is 0 Å². The highest BCUT2D eigenvalue weighted by atomic mass is 16.2. The predicted octanol–water partition coefficient (Wildman–Crippen LogP) is 0.538. The van der Waals surface area contributed by atoms with E-state index in [1.807, 2.05) is 18.9 Å². The molecule has 94 valence electrons. The van der Waals surface area contributed by atoms with Gasteiger partial charge in [0.2, 0.25) is 0 Å². The topological polar surface area (TPSA) is 64.2 Å². The number of carbonyl (C=O) groups excluding carboxylic acids is 1. The summed E-state index contributed by atoms with van der Waals surface area (Å²) in [6, 6.07) is 0.0877. The molecule has 0 aliphatic carbocycles. The molecule has 1 amide bonds. The zero-order valence-corrected chi connectivity index (χ0v) is 10.7. The minimum absolute atomic E-state index is 0.0537. The number of amides is 1. The first kappa shape index (κ1) is 12.1. The summed E-state index contributed by atoms with van der Waals surface area (Å²) in [7, 11) is 1.84. The molecule has 1 saturated heterocycles. The zero-order valence-electron chi connectivity index (χ0n) is 10.7. The van der Waals surface area contributed by atoms with E-state index < -0.39 is 0 Å². The Morgan fingerprint density at radius 1 is 1.59 bits per heavy atom. The summed E-state index contributed by atoms with van der Waals surface area (Å²) in [4.78, 5) is 14.1. The van der Waals surface area contributed by atoms with Crippen molar-refractivity contribution in [3.63, 3.8) is 0 Å². The number of rotatable bonds is 1. The van der Waals surface area contributed by atoms with E-state index in [0.29, 0.717) is 18.0 Å². The largest absolute Gasteiger partial charge is 0.337 e. The minimum Gasteiger partial charge on any atom is -0.337 e. The Hall–Kier alpha value is -1.36. The van der Waals surface area contributed by atoms with E-state index in [4.69, 9.17) is 5.73 Å². The van der Waals surface area contributed by atoms with Crippen molar-refractivity contribution >= 4 is 5.91 Å². The SMILES string of the molecule is Cc1c(C(=O)N2CCC(C)C(N)C2)cnn1C. The summed E-state index contributed by atoms with van der Waals surface area (Å²) in [5.74, 6) is 0.548. The molecule has 0 radical (unpaired) electrons. The number of aryl methyl sites for hydroxylation is 1. The highest BCUT2D eigenvalue weighted by Crippen LogP contribution is 2.18. The molecule has 1 aromatic heterocycles. The molecule has 0 saturated carbocycles. The average Bonchev–Trinajstić information content (AvgIpc) is 2.63. The van der Waals surface area contributed by atoms with Gasteiger partial charge in [-0.15, -0.1) is 0 Å². The fraction of sp³-hybridized carbons (Fsp3) is 0.667. The van der Waals surface area contributed by atoms with Crippen molar-refractivity contribution < 1.29 is 4.79 Å². The summed E-state index contributed by atoms with van der Waals surface area (Å²) in [6.45, 7) is 5.49. The fourth-order valence-corrected chi connectivity index (χ4v) is 2.16. The number of nitrogens with zero attached hydrogens (tertiary/aromatic N) is 3. The Bertz CT molecular complexity index is 426. The van der Waals surface area contributed by atoms with Gasteiger partial charge in [-0.05, 0) is 19.3 Å². The molecule has 2 heterocycles. The van der Waals surface area contributed by atoms with Crippen molar-refractivity contribution in [1.29, 1.82) is 0 Å². The van der Waals surface area contributed by atoms with Crippen LogP contribution in [0.4, 0.5) is 0 Å². The van der Waals surface area contributed by atoms with Gasteiger partial charge in [-0.1, -0.05) is 6.92 Å². The third kappa shape index (κ3) is 2.20. The molecule has 0 aromatic carbocycles. The maximum absolute atomic E-state index is 12.3. The van der Waals surface area contributed by atoms with E-state index in [1.165, 1.54) is 0 Å². The van der Waals surface area contributed by atoms with Gasteiger partial charge in [0.1, 0.15) is 0 Å². The van der Waals surface area contributed by atoms with Crippen LogP contribution in [0.15, 0.2) is 6.20 Å². The van der Waals surface area contributed by atoms with Crippen molar-refractivity contribution in [2.45, 2.75) is 26.3 Å². The Morgan fingerprint density at radius 2 is 2.29 bits per heavy atom. The Kier molecular flexibility index (Phi) is 3.19. The predicted molar refractivity (Wildman–Crippen MR) is 65.6 cm³/mol. The number of piperidine rings is 1. The van der Waals surface area contributed by atoms with E-state index >= 15 is 0 Å². The van der Waals surface area contributed by atoms with Crippen molar-refractivity contribution in [2.24, 2.45) is 18.7 Å². The van der Waals surface area contributed by atoms with E-state index in [9.17, 15) is 4.79 Å². The number of likely N-dealkylation sites (tertiary alicyclic amines) is 1. The molecule has 17 heavy (non-hydrogen) atoms. The van der Waals surface area contributed by atoms with Crippen molar-refractivity contribution in [1.82, 2.24) is 14.7 Å². The molecular formula is C12H20N4O. The van der Waals surface area contributed by atoms with Crippen LogP contribution < -0.4 is 5.73 Å². The van der Waals surface area contributed by atoms with E-state index in [1.54, 1.807) is 10.9 Å². The van der Waals surface area contributed by atoms with Crippen LogP contribution in [0.5, 0.6) is 0 Å². The lowest BCUT2D eigenvalue weighted by atomic mass is 9.94. The van der Waals surface area contributed by atoms with Crippen LogP contribution in [0.1, 0.15) is 29.4 Å². The monoisotopic (exact) mass is 236 g/mol. The van der Waals surface area contributed by atoms with Gasteiger partial charge in [-0.25, -0.2) is 0 Å². The van der Waals surface area contributed by atoms with Crippen molar-refractivity contribution in [3.8, 4) is 0 Å². The van der Waals surface area contributed by atoms with Gasteiger partial charge >= 0.3 is 0 Å². The summed E-state index contributed by atoms with van der Waals surface area (Å²) in [5, 5.41) is 4.10. The lowest BCUT2D eigenvalue weighted by Crippen LogP contribution is -2.49. The van der Waals surface area contributed by atoms with Gasteiger partial charge in [0.15, 0.2) is 0 Å². The summed E-state index contributed by atoms with van der Waals surface area (Å²) in [5.41, 5.74) is 7.61. The molecule has 2 rings (SSSR count). The molecular weight excluding hydrogens is 216 g/mol. The number of hydrogen-bond acceptors (Lipinski definition) is 3. The first-order chi connectivity index (χ1) is 8.00. The summed E-state index contributed by atoms with van der Waals surface area (Å²) < 4.78 is 1.72. The number of aromatic nitrogens is 2. The van der Waals surface area contributed by atoms with E-state index in [2.05, 4.69) is 12.0 Å². The van der Waals surface area contributed by atoms with Gasteiger partial charge in [0, 0.05) is 31.9 Å². The molecule has 5 nitrogen and oxygen atoms in total. The van der Waals surface area contributed by atoms with E-state index in [-0.39, 0.29) is 11.9 Å². The zero-order chi connectivity index (χ0) is 12.6. The average molecular weight is 236 g/mol. The standard InChI is InChI=1S/C12H20N4O/c1-8-4-5-16(7-11(8)13)12(17)10-6-14-15(3)9(10)2/h6,8,11H,4-5,7,13H2,1-3H3. The molecule has 1 fully saturated rings. The van der Waals surface area contributed by atoms with Crippen molar-refractivity contribution in [2.75, 3.05) is 13.1 Å². The molecule has 2 unspecified atom stereocenters. The van der Waals surface area contributed by atoms with E-state index in [0.717, 1.165) is 18.7 Å². The number of carbonyl (C=O) groups is 1. The maximum atomic E-state index is 12.3. The Morgan fingerprint density at radius 3 is 2.82 bits per heavy atom. The maximum Gasteiger partial charge on any atom is 0.257 e. The lowest BCUT2D eigenvalue weighted by Gasteiger charge is -2.35. The highest BCUT2D eigenvalue weighted by molar-refractivity contribution is 5.95. The molecule has 1 aromatic rings. The normalized spacial score (nSPS) is 25.1. The van der Waals surface area contributed by atoms with Gasteiger partial charge < -0.3 is 10.6 Å². The van der Waals surface area contributed by atoms with Crippen LogP contribution in [-0.4, -0.2) is 39.7 Å². The third-order valence-corrected chi connectivity index (χ3v) is 3.77. The molecule has 2 atom stereocenters. The second-order valence-electron chi connectivity index (χ2n) is 4.95. The highest BCUT2D eigenvalue weighted by Gasteiger charge is 2.28. The first-order valence-corrected chi connectivity index (χ1v) is 6.04. The Labute approximate surface area is 102 Å². The van der Waals surface area contributed by atoms with Gasteiger partial charge in [0.05, 0.1) is 11.8 Å². The van der Waals surface area contributed by atoms with Crippen molar-refractivity contribution in [3.05, 3.63) is 17.5 Å². The molecule has 0 spiro atoms. The molecule has 1 aliphatic rings. The van der Waals surface area contributed by atoms with Crippen LogP contribution in [0, 0.1) is 12.8 Å². The molecule has 1 aliphatic heterocycles. The lowest BCUT2D eigenvalue weighted by molar-refractivity contribution is 0.0671. The van der Waals surface area contributed by atoms with Gasteiger partial charge in [-0.3, -0.25) is 9.48 Å².